The van der Waals surface area contributed by atoms with Gasteiger partial charge in [0.1, 0.15) is 11.5 Å². The minimum Gasteiger partial charge on any atom is -0.497 e. The molecular weight excluding hydrogens is 476 g/mol. The van der Waals surface area contributed by atoms with Gasteiger partial charge in [-0.25, -0.2) is 9.79 Å². The molecule has 0 N–H and O–H groups in total. The fourth-order valence-corrected chi connectivity index (χ4v) is 5.09. The predicted octanol–water partition coefficient (Wildman–Crippen LogP) is 3.99. The molecule has 0 saturated carbocycles. The third-order valence-electron chi connectivity index (χ3n) is 5.89. The molecule has 3 aromatic rings. The number of hydrogen-bond acceptors (Lipinski definition) is 7. The van der Waals surface area contributed by atoms with Gasteiger partial charge in [-0.1, -0.05) is 48.9 Å². The van der Waals surface area contributed by atoms with Crippen molar-refractivity contribution in [2.45, 2.75) is 39.7 Å². The number of esters is 1. The van der Waals surface area contributed by atoms with Crippen LogP contribution in [-0.4, -0.2) is 30.9 Å². The number of fused-ring (bicyclic) bond motifs is 1. The van der Waals surface area contributed by atoms with Crippen LogP contribution < -0.4 is 24.4 Å². The highest BCUT2D eigenvalue weighted by atomic mass is 32.1. The van der Waals surface area contributed by atoms with Gasteiger partial charge in [0.15, 0.2) is 4.80 Å². The topological polar surface area (TPSA) is 79.1 Å². The van der Waals surface area contributed by atoms with Crippen LogP contribution in [0.3, 0.4) is 0 Å². The number of carbonyl (C=O) groups is 1. The van der Waals surface area contributed by atoms with Crippen molar-refractivity contribution in [3.63, 3.8) is 0 Å². The first-order valence-electron chi connectivity index (χ1n) is 12.0. The Kier molecular flexibility index (Phi) is 8.05. The number of ether oxygens (including phenoxy) is 3. The van der Waals surface area contributed by atoms with E-state index < -0.39 is 12.0 Å². The van der Waals surface area contributed by atoms with E-state index in [0.717, 1.165) is 29.7 Å². The smallest absolute Gasteiger partial charge is 0.338 e. The first-order valence-corrected chi connectivity index (χ1v) is 12.8. The van der Waals surface area contributed by atoms with E-state index in [0.29, 0.717) is 33.0 Å². The quantitative estimate of drug-likeness (QED) is 0.324. The summed E-state index contributed by atoms with van der Waals surface area (Å²) in [5.74, 6) is 1.01. The number of unbranched alkanes of at least 4 members (excludes halogenated alkanes) is 1. The molecule has 0 aliphatic carbocycles. The molecule has 4 rings (SSSR count). The van der Waals surface area contributed by atoms with E-state index in [1.165, 1.54) is 11.3 Å². The van der Waals surface area contributed by atoms with E-state index in [-0.39, 0.29) is 12.2 Å². The Morgan fingerprint density at radius 1 is 1.08 bits per heavy atom. The second-order valence-corrected chi connectivity index (χ2v) is 9.36. The second kappa shape index (κ2) is 11.4. The molecule has 2 aromatic carbocycles. The Labute approximate surface area is 214 Å². The lowest BCUT2D eigenvalue weighted by Gasteiger charge is -2.24. The van der Waals surface area contributed by atoms with Crippen molar-refractivity contribution in [2.75, 3.05) is 20.3 Å². The third-order valence-corrected chi connectivity index (χ3v) is 6.88. The van der Waals surface area contributed by atoms with E-state index in [9.17, 15) is 9.59 Å². The molecule has 7 nitrogen and oxygen atoms in total. The Morgan fingerprint density at radius 2 is 1.78 bits per heavy atom. The summed E-state index contributed by atoms with van der Waals surface area (Å²) in [4.78, 5) is 31.8. The zero-order valence-corrected chi connectivity index (χ0v) is 21.8. The monoisotopic (exact) mass is 506 g/mol. The minimum absolute atomic E-state index is 0.211. The van der Waals surface area contributed by atoms with Gasteiger partial charge in [-0.05, 0) is 61.7 Å². The summed E-state index contributed by atoms with van der Waals surface area (Å²) in [6.07, 6.45) is 3.92. The molecule has 1 atom stereocenters. The summed E-state index contributed by atoms with van der Waals surface area (Å²) in [6, 6.07) is 14.4. The molecule has 8 heteroatoms. The first kappa shape index (κ1) is 25.4. The number of hydrogen-bond donors (Lipinski definition) is 0. The Bertz CT molecular complexity index is 1430. The highest BCUT2D eigenvalue weighted by Gasteiger charge is 2.33. The van der Waals surface area contributed by atoms with E-state index in [1.54, 1.807) is 25.5 Å². The van der Waals surface area contributed by atoms with Crippen molar-refractivity contribution in [3.8, 4) is 11.5 Å². The van der Waals surface area contributed by atoms with Crippen LogP contribution in [0.15, 0.2) is 69.6 Å². The van der Waals surface area contributed by atoms with Gasteiger partial charge < -0.3 is 14.2 Å². The zero-order chi connectivity index (χ0) is 25.7. The molecule has 188 valence electrons. The van der Waals surface area contributed by atoms with Crippen LogP contribution in [0.2, 0.25) is 0 Å². The molecule has 2 heterocycles. The Morgan fingerprint density at radius 3 is 2.42 bits per heavy atom. The van der Waals surface area contributed by atoms with Crippen LogP contribution in [0.1, 0.15) is 50.8 Å². The third kappa shape index (κ3) is 5.28. The molecular formula is C28H30N2O5S. The predicted molar refractivity (Wildman–Crippen MR) is 140 cm³/mol. The summed E-state index contributed by atoms with van der Waals surface area (Å²) in [5.41, 5.74) is 2.34. The molecule has 0 bridgehead atoms. The maximum absolute atomic E-state index is 13.7. The maximum atomic E-state index is 13.7. The summed E-state index contributed by atoms with van der Waals surface area (Å²) >= 11 is 1.30. The van der Waals surface area contributed by atoms with Gasteiger partial charge >= 0.3 is 5.97 Å². The fourth-order valence-electron chi connectivity index (χ4n) is 4.04. The number of aromatic nitrogens is 1. The summed E-state index contributed by atoms with van der Waals surface area (Å²) in [6.45, 7) is 6.57. The summed E-state index contributed by atoms with van der Waals surface area (Å²) < 4.78 is 18.5. The fraction of sp³-hybridized carbons (Fsp3) is 0.321. The lowest BCUT2D eigenvalue weighted by molar-refractivity contribution is -0.139. The number of thiazole rings is 1. The number of methoxy groups -OCH3 is 1. The lowest BCUT2D eigenvalue weighted by atomic mass is 9.96. The average Bonchev–Trinajstić information content (AvgIpc) is 3.18. The minimum atomic E-state index is -0.650. The first-order chi connectivity index (χ1) is 17.5. The van der Waals surface area contributed by atoms with Gasteiger partial charge in [0, 0.05) is 0 Å². The Hall–Kier alpha value is -3.65. The van der Waals surface area contributed by atoms with Gasteiger partial charge in [-0.15, -0.1) is 0 Å². The number of carbonyl (C=O) groups excluding carboxylic acids is 1. The van der Waals surface area contributed by atoms with Gasteiger partial charge in [0.25, 0.3) is 5.56 Å². The molecule has 1 aromatic heterocycles. The van der Waals surface area contributed by atoms with Crippen LogP contribution in [0, 0.1) is 0 Å². The molecule has 0 amide bonds. The number of rotatable bonds is 9. The standard InChI is InChI=1S/C28H30N2O5S/c1-5-7-16-35-22-12-8-19(9-13-22)17-23-26(31)30-25(20-10-14-21(33-4)15-11-20)24(27(32)34-6-2)18(3)29-28(30)36-23/h8-15,17,25H,5-7,16H2,1-4H3/b23-17+/t25-/m0/s1. The van der Waals surface area contributed by atoms with E-state index in [2.05, 4.69) is 11.9 Å². The highest BCUT2D eigenvalue weighted by Crippen LogP contribution is 2.31. The lowest BCUT2D eigenvalue weighted by Crippen LogP contribution is -2.39. The molecule has 0 radical (unpaired) electrons. The van der Waals surface area contributed by atoms with Crippen LogP contribution in [0.25, 0.3) is 6.08 Å². The van der Waals surface area contributed by atoms with Crippen molar-refractivity contribution >= 4 is 23.4 Å². The van der Waals surface area contributed by atoms with Crippen LogP contribution in [-0.2, 0) is 9.53 Å². The van der Waals surface area contributed by atoms with E-state index >= 15 is 0 Å². The van der Waals surface area contributed by atoms with Crippen LogP contribution in [0.5, 0.6) is 11.5 Å². The van der Waals surface area contributed by atoms with Crippen LogP contribution in [0.4, 0.5) is 0 Å². The van der Waals surface area contributed by atoms with E-state index in [1.807, 2.05) is 54.6 Å². The van der Waals surface area contributed by atoms with E-state index in [4.69, 9.17) is 14.2 Å². The summed E-state index contributed by atoms with van der Waals surface area (Å²) in [5, 5.41) is 0. The van der Waals surface area contributed by atoms with Gasteiger partial charge in [0.05, 0.1) is 42.2 Å². The average molecular weight is 507 g/mol. The largest absolute Gasteiger partial charge is 0.497 e. The second-order valence-electron chi connectivity index (χ2n) is 8.35. The molecule has 1 aliphatic heterocycles. The zero-order valence-electron chi connectivity index (χ0n) is 20.9. The van der Waals surface area contributed by atoms with Gasteiger partial charge in [-0.2, -0.15) is 0 Å². The molecule has 0 unspecified atom stereocenters. The Balaban J connectivity index is 1.79. The SMILES string of the molecule is CCCCOc1ccc(/C=c2/sc3n(c2=O)[C@@H](c2ccc(OC)cc2)C(C(=O)OCC)=C(C)N=3)cc1. The van der Waals surface area contributed by atoms with Crippen molar-refractivity contribution in [2.24, 2.45) is 4.99 Å². The van der Waals surface area contributed by atoms with Crippen molar-refractivity contribution in [3.05, 3.63) is 90.6 Å². The molecule has 36 heavy (non-hydrogen) atoms. The van der Waals surface area contributed by atoms with Crippen molar-refractivity contribution in [1.82, 2.24) is 4.57 Å². The normalized spacial score (nSPS) is 15.3. The molecule has 0 spiro atoms. The van der Waals surface area contributed by atoms with Gasteiger partial charge in [-0.3, -0.25) is 9.36 Å². The molecule has 1 aliphatic rings. The number of allylic oxidation sites excluding steroid dienone is 1. The van der Waals surface area contributed by atoms with Crippen molar-refractivity contribution in [1.29, 1.82) is 0 Å². The summed E-state index contributed by atoms with van der Waals surface area (Å²) in [7, 11) is 1.59. The maximum Gasteiger partial charge on any atom is 0.338 e. The highest BCUT2D eigenvalue weighted by molar-refractivity contribution is 7.07. The number of benzene rings is 2. The van der Waals surface area contributed by atoms with Crippen molar-refractivity contribution < 1.29 is 19.0 Å². The molecule has 0 saturated heterocycles. The number of nitrogens with zero attached hydrogens (tertiary/aromatic N) is 2. The molecule has 0 fully saturated rings. The van der Waals surface area contributed by atoms with Gasteiger partial charge in [0.2, 0.25) is 0 Å². The van der Waals surface area contributed by atoms with Crippen LogP contribution >= 0.6 is 11.3 Å².